The van der Waals surface area contributed by atoms with Crippen molar-refractivity contribution in [3.8, 4) is 22.3 Å². The van der Waals surface area contributed by atoms with Crippen LogP contribution in [0.15, 0.2) is 84.9 Å². The highest BCUT2D eigenvalue weighted by Crippen LogP contribution is 2.59. The summed E-state index contributed by atoms with van der Waals surface area (Å²) in [5, 5.41) is 0. The van der Waals surface area contributed by atoms with Gasteiger partial charge in [0, 0.05) is 27.9 Å². The number of nitrogens with zero attached hydrogens (tertiary/aromatic N) is 1. The lowest BCUT2D eigenvalue weighted by Gasteiger charge is -2.31. The van der Waals surface area contributed by atoms with Crippen molar-refractivity contribution in [2.45, 2.75) is 73.1 Å². The van der Waals surface area contributed by atoms with Crippen LogP contribution in [0.3, 0.4) is 0 Å². The summed E-state index contributed by atoms with van der Waals surface area (Å²) < 4.78 is 0. The molecule has 0 amide bonds. The van der Waals surface area contributed by atoms with Gasteiger partial charge in [0.1, 0.15) is 0 Å². The van der Waals surface area contributed by atoms with E-state index in [9.17, 15) is 0 Å². The van der Waals surface area contributed by atoms with Crippen molar-refractivity contribution in [1.82, 2.24) is 0 Å². The highest BCUT2D eigenvalue weighted by molar-refractivity contribution is 5.92. The van der Waals surface area contributed by atoms with Crippen LogP contribution < -0.4 is 4.90 Å². The maximum Gasteiger partial charge on any atom is 0.0465 e. The van der Waals surface area contributed by atoms with E-state index in [0.29, 0.717) is 0 Å². The van der Waals surface area contributed by atoms with Gasteiger partial charge in [-0.1, -0.05) is 81.8 Å². The van der Waals surface area contributed by atoms with Crippen LogP contribution in [-0.2, 0) is 10.8 Å². The average molecular weight is 548 g/mol. The van der Waals surface area contributed by atoms with Crippen molar-refractivity contribution in [2.24, 2.45) is 0 Å². The zero-order valence-corrected chi connectivity index (χ0v) is 26.5. The molecule has 0 spiro atoms. The van der Waals surface area contributed by atoms with Crippen LogP contribution >= 0.6 is 0 Å². The van der Waals surface area contributed by atoms with Gasteiger partial charge in [0.05, 0.1) is 0 Å². The molecule has 7 rings (SSSR count). The predicted octanol–water partition coefficient (Wildman–Crippen LogP) is 11.3. The third-order valence-electron chi connectivity index (χ3n) is 10.3. The topological polar surface area (TPSA) is 3.24 Å². The number of rotatable bonds is 3. The highest BCUT2D eigenvalue weighted by Gasteiger charge is 2.45. The Bertz CT molecular complexity index is 1880. The minimum absolute atomic E-state index is 0.0466. The quantitative estimate of drug-likeness (QED) is 0.217. The number of aryl methyl sites for hydroxylation is 5. The van der Waals surface area contributed by atoms with Gasteiger partial charge < -0.3 is 4.90 Å². The SMILES string of the molecule is Cc1ccc2c(c1)C(C)(C)c1c-2ccc2c1C(C)(C)c1cc(N(c3ccc(C)c(C)c3)c3ccc(C)c(C)c3)ccc1-2. The van der Waals surface area contributed by atoms with Crippen molar-refractivity contribution in [3.05, 3.63) is 135 Å². The molecular weight excluding hydrogens is 506 g/mol. The van der Waals surface area contributed by atoms with Crippen LogP contribution in [0.2, 0.25) is 0 Å². The van der Waals surface area contributed by atoms with Gasteiger partial charge in [-0.2, -0.15) is 0 Å². The van der Waals surface area contributed by atoms with Gasteiger partial charge in [0.25, 0.3) is 0 Å². The predicted molar refractivity (Wildman–Crippen MR) is 180 cm³/mol. The van der Waals surface area contributed by atoms with E-state index >= 15 is 0 Å². The van der Waals surface area contributed by atoms with E-state index in [2.05, 4.69) is 152 Å². The molecule has 0 aromatic heterocycles. The Hall–Kier alpha value is -4.10. The second-order valence-corrected chi connectivity index (χ2v) is 13.8. The fraction of sp³-hybridized carbons (Fsp3) is 0.268. The molecule has 42 heavy (non-hydrogen) atoms. The Balaban J connectivity index is 1.42. The molecule has 0 unspecified atom stereocenters. The molecule has 2 aliphatic rings. The van der Waals surface area contributed by atoms with Crippen LogP contribution in [0, 0.1) is 34.6 Å². The van der Waals surface area contributed by atoms with Gasteiger partial charge in [-0.3, -0.25) is 0 Å². The average Bonchev–Trinajstić information content (AvgIpc) is 3.31. The standard InChI is InChI=1S/C41H41N/c1-24-10-16-32-34-18-19-35-33-17-15-31(23-37(33)41(8,9)39(35)38(34)40(6,7)36(32)20-24)42(29-13-11-25(2)27(4)21-29)30-14-12-26(3)28(5)22-30/h10-23H,1-9H3. The van der Waals surface area contributed by atoms with E-state index in [0.717, 1.165) is 0 Å². The first-order chi connectivity index (χ1) is 19.9. The number of anilines is 3. The van der Waals surface area contributed by atoms with Gasteiger partial charge in [-0.25, -0.2) is 0 Å². The van der Waals surface area contributed by atoms with E-state index < -0.39 is 0 Å². The third-order valence-corrected chi connectivity index (χ3v) is 10.3. The first kappa shape index (κ1) is 26.8. The van der Waals surface area contributed by atoms with E-state index in [1.807, 2.05) is 0 Å². The van der Waals surface area contributed by atoms with Crippen molar-refractivity contribution in [3.63, 3.8) is 0 Å². The molecule has 0 saturated heterocycles. The van der Waals surface area contributed by atoms with Crippen molar-refractivity contribution < 1.29 is 0 Å². The van der Waals surface area contributed by atoms with Gasteiger partial charge >= 0.3 is 0 Å². The Kier molecular flexibility index (Phi) is 5.71. The molecular formula is C41H41N. The van der Waals surface area contributed by atoms with Crippen LogP contribution in [0.5, 0.6) is 0 Å². The molecule has 5 aromatic rings. The fourth-order valence-corrected chi connectivity index (χ4v) is 7.63. The van der Waals surface area contributed by atoms with E-state index in [1.165, 1.54) is 89.4 Å². The molecule has 0 fully saturated rings. The molecule has 0 radical (unpaired) electrons. The summed E-state index contributed by atoms with van der Waals surface area (Å²) in [4.78, 5) is 2.44. The molecule has 0 aliphatic heterocycles. The van der Waals surface area contributed by atoms with E-state index in [-0.39, 0.29) is 10.8 Å². The van der Waals surface area contributed by atoms with Crippen molar-refractivity contribution >= 4 is 17.1 Å². The maximum atomic E-state index is 2.46. The second kappa shape index (κ2) is 8.95. The monoisotopic (exact) mass is 547 g/mol. The smallest absolute Gasteiger partial charge is 0.0465 e. The van der Waals surface area contributed by atoms with Gasteiger partial charge in [-0.05, 0) is 138 Å². The highest BCUT2D eigenvalue weighted by atomic mass is 15.1. The lowest BCUT2D eigenvalue weighted by Crippen LogP contribution is -2.24. The number of hydrogen-bond donors (Lipinski definition) is 0. The van der Waals surface area contributed by atoms with Crippen LogP contribution in [0.1, 0.15) is 77.8 Å². The molecule has 0 bridgehead atoms. The Labute approximate surface area is 251 Å². The zero-order chi connectivity index (χ0) is 29.7. The first-order valence-corrected chi connectivity index (χ1v) is 15.3. The summed E-state index contributed by atoms with van der Waals surface area (Å²) >= 11 is 0. The van der Waals surface area contributed by atoms with Crippen molar-refractivity contribution in [2.75, 3.05) is 4.90 Å². The lowest BCUT2D eigenvalue weighted by molar-refractivity contribution is 0.601. The molecule has 0 atom stereocenters. The van der Waals surface area contributed by atoms with Gasteiger partial charge in [0.2, 0.25) is 0 Å². The van der Waals surface area contributed by atoms with Gasteiger partial charge in [0.15, 0.2) is 0 Å². The summed E-state index contributed by atoms with van der Waals surface area (Å²) in [5.41, 5.74) is 21.4. The number of fused-ring (bicyclic) bond motifs is 7. The van der Waals surface area contributed by atoms with E-state index in [1.54, 1.807) is 0 Å². The Morgan fingerprint density at radius 3 is 1.31 bits per heavy atom. The Morgan fingerprint density at radius 2 is 0.810 bits per heavy atom. The summed E-state index contributed by atoms with van der Waals surface area (Å²) in [5.74, 6) is 0. The Morgan fingerprint density at radius 1 is 0.405 bits per heavy atom. The number of benzene rings is 5. The largest absolute Gasteiger partial charge is 0.310 e. The van der Waals surface area contributed by atoms with Crippen LogP contribution in [0.25, 0.3) is 22.3 Å². The summed E-state index contributed by atoms with van der Waals surface area (Å²) in [6.07, 6.45) is 0. The van der Waals surface area contributed by atoms with Gasteiger partial charge in [-0.15, -0.1) is 0 Å². The minimum Gasteiger partial charge on any atom is -0.310 e. The van der Waals surface area contributed by atoms with Crippen LogP contribution in [0.4, 0.5) is 17.1 Å². The summed E-state index contributed by atoms with van der Waals surface area (Å²) in [7, 11) is 0. The molecule has 0 saturated carbocycles. The zero-order valence-electron chi connectivity index (χ0n) is 26.5. The number of hydrogen-bond acceptors (Lipinski definition) is 1. The fourth-order valence-electron chi connectivity index (χ4n) is 7.63. The molecule has 210 valence electrons. The molecule has 1 nitrogen and oxygen atoms in total. The van der Waals surface area contributed by atoms with Crippen molar-refractivity contribution in [1.29, 1.82) is 0 Å². The van der Waals surface area contributed by atoms with Crippen LogP contribution in [-0.4, -0.2) is 0 Å². The maximum absolute atomic E-state index is 2.46. The first-order valence-electron chi connectivity index (χ1n) is 15.3. The third kappa shape index (κ3) is 3.69. The van der Waals surface area contributed by atoms with E-state index in [4.69, 9.17) is 0 Å². The molecule has 1 heteroatoms. The molecule has 0 heterocycles. The molecule has 5 aromatic carbocycles. The summed E-state index contributed by atoms with van der Waals surface area (Å²) in [6, 6.07) is 32.6. The molecule has 2 aliphatic carbocycles. The lowest BCUT2D eigenvalue weighted by atomic mass is 9.72. The minimum atomic E-state index is -0.127. The normalized spacial score (nSPS) is 15.2. The summed E-state index contributed by atoms with van der Waals surface area (Å²) in [6.45, 7) is 20.7. The second-order valence-electron chi connectivity index (χ2n) is 13.8. The molecule has 0 N–H and O–H groups in total.